The molecule has 0 atom stereocenters. The number of hydrogen-bond donors (Lipinski definition) is 1. The number of aliphatic hydroxyl groups is 1. The molecule has 0 spiro atoms. The summed E-state index contributed by atoms with van der Waals surface area (Å²) in [6.07, 6.45) is 1.24. The highest BCUT2D eigenvalue weighted by atomic mass is 19.3. The van der Waals surface area contributed by atoms with E-state index in [1.165, 1.54) is 0 Å². The first-order chi connectivity index (χ1) is 6.14. The van der Waals surface area contributed by atoms with Gasteiger partial charge in [0.15, 0.2) is 0 Å². The van der Waals surface area contributed by atoms with Crippen molar-refractivity contribution in [3.8, 4) is 0 Å². The number of alkyl halides is 2. The van der Waals surface area contributed by atoms with Crippen LogP contribution in [-0.2, 0) is 0 Å². The van der Waals surface area contributed by atoms with Crippen molar-refractivity contribution in [1.29, 1.82) is 0 Å². The maximum Gasteiger partial charge on any atom is 0.249 e. The van der Waals surface area contributed by atoms with E-state index in [2.05, 4.69) is 0 Å². The molecule has 0 aliphatic carbocycles. The van der Waals surface area contributed by atoms with Gasteiger partial charge < -0.3 is 10.0 Å². The van der Waals surface area contributed by atoms with E-state index in [9.17, 15) is 8.78 Å². The van der Waals surface area contributed by atoms with Gasteiger partial charge in [-0.1, -0.05) is 0 Å². The number of aliphatic hydroxyl groups excluding tert-OH is 1. The van der Waals surface area contributed by atoms with Gasteiger partial charge in [0.1, 0.15) is 0 Å². The Bertz CT molecular complexity index is 153. The SMILES string of the molecule is OCCCN1CCCC(F)(F)CC1. The third kappa shape index (κ3) is 4.00. The third-order valence-electron chi connectivity index (χ3n) is 2.44. The molecular weight excluding hydrogens is 176 g/mol. The molecule has 13 heavy (non-hydrogen) atoms. The molecule has 1 N–H and O–H groups in total. The highest BCUT2D eigenvalue weighted by Gasteiger charge is 2.31. The van der Waals surface area contributed by atoms with Crippen LogP contribution < -0.4 is 0 Å². The highest BCUT2D eigenvalue weighted by Crippen LogP contribution is 2.27. The molecule has 78 valence electrons. The minimum atomic E-state index is -2.46. The Hall–Kier alpha value is -0.220. The summed E-state index contributed by atoms with van der Waals surface area (Å²) in [4.78, 5) is 2.01. The molecule has 0 aromatic heterocycles. The molecule has 1 rings (SSSR count). The van der Waals surface area contributed by atoms with Crippen LogP contribution in [0.15, 0.2) is 0 Å². The number of rotatable bonds is 3. The first-order valence-electron chi connectivity index (χ1n) is 4.85. The minimum Gasteiger partial charge on any atom is -0.396 e. The minimum absolute atomic E-state index is 0.0165. The lowest BCUT2D eigenvalue weighted by atomic mass is 10.1. The Kier molecular flexibility index (Phi) is 4.06. The van der Waals surface area contributed by atoms with Crippen molar-refractivity contribution in [3.63, 3.8) is 0 Å². The first-order valence-corrected chi connectivity index (χ1v) is 4.85. The van der Waals surface area contributed by atoms with Gasteiger partial charge in [0, 0.05) is 32.5 Å². The monoisotopic (exact) mass is 193 g/mol. The molecule has 0 bridgehead atoms. The Labute approximate surface area is 77.5 Å². The maximum absolute atomic E-state index is 12.9. The normalized spacial score (nSPS) is 24.2. The number of nitrogens with zero attached hydrogens (tertiary/aromatic N) is 1. The fourth-order valence-corrected chi connectivity index (χ4v) is 1.64. The van der Waals surface area contributed by atoms with E-state index in [4.69, 9.17) is 5.11 Å². The molecule has 0 radical (unpaired) electrons. The van der Waals surface area contributed by atoms with Crippen molar-refractivity contribution in [2.75, 3.05) is 26.2 Å². The Morgan fingerprint density at radius 3 is 2.69 bits per heavy atom. The predicted octanol–water partition coefficient (Wildman–Crippen LogP) is 1.49. The zero-order chi connectivity index (χ0) is 9.73. The fraction of sp³-hybridized carbons (Fsp3) is 1.00. The van der Waals surface area contributed by atoms with Gasteiger partial charge in [-0.3, -0.25) is 0 Å². The van der Waals surface area contributed by atoms with Gasteiger partial charge in [0.25, 0.3) is 0 Å². The van der Waals surface area contributed by atoms with Crippen molar-refractivity contribution >= 4 is 0 Å². The van der Waals surface area contributed by atoms with Crippen LogP contribution in [-0.4, -0.2) is 42.2 Å². The van der Waals surface area contributed by atoms with Crippen LogP contribution in [0.1, 0.15) is 25.7 Å². The largest absolute Gasteiger partial charge is 0.396 e. The summed E-state index contributed by atoms with van der Waals surface area (Å²) in [5.41, 5.74) is 0. The van der Waals surface area contributed by atoms with E-state index < -0.39 is 5.92 Å². The van der Waals surface area contributed by atoms with Crippen LogP contribution in [0.2, 0.25) is 0 Å². The van der Waals surface area contributed by atoms with Crippen LogP contribution >= 0.6 is 0 Å². The molecule has 0 aromatic carbocycles. The predicted molar refractivity (Wildman–Crippen MR) is 46.9 cm³/mol. The van der Waals surface area contributed by atoms with Gasteiger partial charge in [0.2, 0.25) is 5.92 Å². The molecule has 0 saturated carbocycles. The van der Waals surface area contributed by atoms with Gasteiger partial charge >= 0.3 is 0 Å². The lowest BCUT2D eigenvalue weighted by molar-refractivity contribution is -0.0131. The van der Waals surface area contributed by atoms with E-state index in [-0.39, 0.29) is 19.4 Å². The molecule has 1 saturated heterocycles. The zero-order valence-corrected chi connectivity index (χ0v) is 7.81. The van der Waals surface area contributed by atoms with Crippen molar-refractivity contribution in [2.24, 2.45) is 0 Å². The van der Waals surface area contributed by atoms with Crippen molar-refractivity contribution in [1.82, 2.24) is 4.90 Å². The smallest absolute Gasteiger partial charge is 0.249 e. The van der Waals surface area contributed by atoms with E-state index in [0.29, 0.717) is 19.4 Å². The average molecular weight is 193 g/mol. The Morgan fingerprint density at radius 1 is 1.23 bits per heavy atom. The zero-order valence-electron chi connectivity index (χ0n) is 7.81. The summed E-state index contributed by atoms with van der Waals surface area (Å²) in [5, 5.41) is 8.60. The summed E-state index contributed by atoms with van der Waals surface area (Å²) in [5.74, 6) is -2.46. The van der Waals surface area contributed by atoms with Gasteiger partial charge in [-0.15, -0.1) is 0 Å². The molecule has 0 amide bonds. The Morgan fingerprint density at radius 2 is 2.00 bits per heavy atom. The summed E-state index contributed by atoms with van der Waals surface area (Å²) in [7, 11) is 0. The van der Waals surface area contributed by atoms with E-state index >= 15 is 0 Å². The summed E-state index contributed by atoms with van der Waals surface area (Å²) in [6.45, 7) is 2.10. The first kappa shape index (κ1) is 10.9. The molecule has 1 fully saturated rings. The standard InChI is InChI=1S/C9H17F2NO/c10-9(11)3-1-5-12(7-4-9)6-2-8-13/h13H,1-8H2. The van der Waals surface area contributed by atoms with Crippen LogP contribution in [0.25, 0.3) is 0 Å². The van der Waals surface area contributed by atoms with Crippen molar-refractivity contribution in [2.45, 2.75) is 31.6 Å². The third-order valence-corrected chi connectivity index (χ3v) is 2.44. The molecule has 2 nitrogen and oxygen atoms in total. The Balaban J connectivity index is 2.28. The maximum atomic E-state index is 12.9. The molecular formula is C9H17F2NO. The van der Waals surface area contributed by atoms with Gasteiger partial charge in [-0.2, -0.15) is 0 Å². The second kappa shape index (κ2) is 4.86. The van der Waals surface area contributed by atoms with E-state index in [1.54, 1.807) is 0 Å². The highest BCUT2D eigenvalue weighted by molar-refractivity contribution is 4.74. The molecule has 0 unspecified atom stereocenters. The molecule has 1 aliphatic rings. The topological polar surface area (TPSA) is 23.5 Å². The van der Waals surface area contributed by atoms with E-state index in [1.807, 2.05) is 4.90 Å². The van der Waals surface area contributed by atoms with Crippen LogP contribution in [0.3, 0.4) is 0 Å². The average Bonchev–Trinajstić information content (AvgIpc) is 2.23. The quantitative estimate of drug-likeness (QED) is 0.734. The number of hydrogen-bond acceptors (Lipinski definition) is 2. The second-order valence-corrected chi connectivity index (χ2v) is 3.63. The lowest BCUT2D eigenvalue weighted by Gasteiger charge is -2.19. The van der Waals surface area contributed by atoms with Crippen molar-refractivity contribution in [3.05, 3.63) is 0 Å². The summed E-state index contributed by atoms with van der Waals surface area (Å²) in [6, 6.07) is 0. The lowest BCUT2D eigenvalue weighted by Crippen LogP contribution is -2.27. The van der Waals surface area contributed by atoms with Crippen LogP contribution in [0.4, 0.5) is 8.78 Å². The van der Waals surface area contributed by atoms with E-state index in [0.717, 1.165) is 13.1 Å². The number of halogens is 2. The van der Waals surface area contributed by atoms with Crippen molar-refractivity contribution < 1.29 is 13.9 Å². The summed E-state index contributed by atoms with van der Waals surface area (Å²) < 4.78 is 25.8. The molecule has 0 aromatic rings. The van der Waals surface area contributed by atoms with Crippen LogP contribution in [0, 0.1) is 0 Å². The van der Waals surface area contributed by atoms with Crippen LogP contribution in [0.5, 0.6) is 0 Å². The summed E-state index contributed by atoms with van der Waals surface area (Å²) >= 11 is 0. The molecule has 1 aliphatic heterocycles. The molecule has 1 heterocycles. The second-order valence-electron chi connectivity index (χ2n) is 3.63. The molecule has 4 heteroatoms. The van der Waals surface area contributed by atoms with Gasteiger partial charge in [-0.05, 0) is 19.4 Å². The van der Waals surface area contributed by atoms with Gasteiger partial charge in [0.05, 0.1) is 0 Å². The van der Waals surface area contributed by atoms with Gasteiger partial charge in [-0.25, -0.2) is 8.78 Å². The number of likely N-dealkylation sites (tertiary alicyclic amines) is 1. The fourth-order valence-electron chi connectivity index (χ4n) is 1.64.